The van der Waals surface area contributed by atoms with Gasteiger partial charge in [-0.2, -0.15) is 0 Å². The van der Waals surface area contributed by atoms with E-state index in [1.807, 2.05) is 6.08 Å². The average molecular weight is 361 g/mol. The van der Waals surface area contributed by atoms with E-state index in [-0.39, 0.29) is 6.10 Å². The lowest BCUT2D eigenvalue weighted by atomic mass is 9.53. The van der Waals surface area contributed by atoms with Gasteiger partial charge < -0.3 is 10.2 Å². The van der Waals surface area contributed by atoms with E-state index in [0.717, 1.165) is 32.1 Å². The van der Waals surface area contributed by atoms with Gasteiger partial charge in [0.15, 0.2) is 0 Å². The highest BCUT2D eigenvalue weighted by molar-refractivity contribution is 5.80. The normalized spacial score (nSPS) is 38.7. The van der Waals surface area contributed by atoms with Crippen LogP contribution in [0.3, 0.4) is 0 Å². The molecule has 0 unspecified atom stereocenters. The highest BCUT2D eigenvalue weighted by atomic mass is 16.4. The Labute approximate surface area is 158 Å². The maximum atomic E-state index is 10.8. The molecule has 7 atom stereocenters. The minimum Gasteiger partial charge on any atom is -0.478 e. The molecule has 2 aliphatic carbocycles. The fraction of sp³-hybridized carbons (Fsp3) is 0.696. The summed E-state index contributed by atoms with van der Waals surface area (Å²) >= 11 is 0. The molecule has 2 N–H and O–H groups in total. The van der Waals surface area contributed by atoms with Crippen molar-refractivity contribution in [3.05, 3.63) is 36.0 Å². The quantitative estimate of drug-likeness (QED) is 0.387. The second-order valence-electron chi connectivity index (χ2n) is 8.50. The van der Waals surface area contributed by atoms with Crippen LogP contribution in [-0.4, -0.2) is 22.3 Å². The molecule has 3 heteroatoms. The van der Waals surface area contributed by atoms with Crippen molar-refractivity contribution in [3.8, 4) is 0 Å². The molecule has 0 heterocycles. The lowest BCUT2D eigenvalue weighted by molar-refractivity contribution is -0.131. The first-order valence-electron chi connectivity index (χ1n) is 10.3. The van der Waals surface area contributed by atoms with Crippen molar-refractivity contribution in [3.63, 3.8) is 0 Å². The fourth-order valence-electron chi connectivity index (χ4n) is 5.53. The van der Waals surface area contributed by atoms with Crippen molar-refractivity contribution in [2.75, 3.05) is 0 Å². The van der Waals surface area contributed by atoms with Gasteiger partial charge in [-0.3, -0.25) is 0 Å². The summed E-state index contributed by atoms with van der Waals surface area (Å²) in [4.78, 5) is 10.8. The van der Waals surface area contributed by atoms with Crippen molar-refractivity contribution in [2.45, 2.75) is 65.9 Å². The Morgan fingerprint density at radius 1 is 1.15 bits per heavy atom. The predicted molar refractivity (Wildman–Crippen MR) is 107 cm³/mol. The van der Waals surface area contributed by atoms with Crippen molar-refractivity contribution in [2.24, 2.45) is 35.5 Å². The van der Waals surface area contributed by atoms with E-state index >= 15 is 0 Å². The topological polar surface area (TPSA) is 57.5 Å². The van der Waals surface area contributed by atoms with E-state index in [1.165, 1.54) is 11.6 Å². The Bertz CT molecular complexity index is 560. The van der Waals surface area contributed by atoms with Crippen LogP contribution in [0.25, 0.3) is 0 Å². The molecule has 2 rings (SSSR count). The first kappa shape index (κ1) is 21.0. The minimum atomic E-state index is -0.915. The van der Waals surface area contributed by atoms with Gasteiger partial charge in [0.25, 0.3) is 0 Å². The number of unbranched alkanes of at least 4 members (excludes halogenated alkanes) is 1. The van der Waals surface area contributed by atoms with Crippen LogP contribution in [0.4, 0.5) is 0 Å². The summed E-state index contributed by atoms with van der Waals surface area (Å²) in [6.07, 6.45) is 14.5. The van der Waals surface area contributed by atoms with Crippen LogP contribution in [0.15, 0.2) is 36.0 Å². The Morgan fingerprint density at radius 2 is 1.88 bits per heavy atom. The smallest absolute Gasteiger partial charge is 0.328 e. The zero-order valence-corrected chi connectivity index (χ0v) is 16.8. The summed E-state index contributed by atoms with van der Waals surface area (Å²) in [7, 11) is 0. The minimum absolute atomic E-state index is 0.190. The molecule has 0 spiro atoms. The molecule has 0 aromatic heterocycles. The highest BCUT2D eigenvalue weighted by Gasteiger charge is 2.48. The van der Waals surface area contributed by atoms with Crippen LogP contribution in [0.2, 0.25) is 0 Å². The number of rotatable bonds is 6. The number of hydrogen-bond donors (Lipinski definition) is 2. The number of fused-ring (bicyclic) bond motifs is 1. The van der Waals surface area contributed by atoms with Gasteiger partial charge in [-0.05, 0) is 68.1 Å². The number of aliphatic hydroxyl groups excluding tert-OH is 1. The lowest BCUT2D eigenvalue weighted by Gasteiger charge is -2.52. The zero-order chi connectivity index (χ0) is 19.3. The van der Waals surface area contributed by atoms with Crippen molar-refractivity contribution < 1.29 is 15.0 Å². The summed E-state index contributed by atoms with van der Waals surface area (Å²) in [5.74, 6) is 1.88. The molecule has 26 heavy (non-hydrogen) atoms. The monoisotopic (exact) mass is 360 g/mol. The first-order valence-corrected chi connectivity index (χ1v) is 10.3. The van der Waals surface area contributed by atoms with Crippen LogP contribution in [0.1, 0.15) is 59.8 Å². The molecular weight excluding hydrogens is 324 g/mol. The number of allylic oxidation sites excluding steroid dienone is 5. The van der Waals surface area contributed by atoms with E-state index in [2.05, 4.69) is 39.8 Å². The van der Waals surface area contributed by atoms with Crippen LogP contribution in [-0.2, 0) is 4.79 Å². The number of aliphatic hydroxyl groups is 1. The maximum Gasteiger partial charge on any atom is 0.328 e. The zero-order valence-electron chi connectivity index (χ0n) is 16.8. The Morgan fingerprint density at radius 3 is 2.54 bits per heavy atom. The average Bonchev–Trinajstić information content (AvgIpc) is 2.59. The SMILES string of the molecule is CCC/C=C(\C)[C@H]1[C@@H](/C=C/C=C/C(=O)O)[C@H]2[C@@H](C[C@@H]1C)[C@@H](O)CC[C@@H]2C. The van der Waals surface area contributed by atoms with Crippen LogP contribution in [0, 0.1) is 35.5 Å². The summed E-state index contributed by atoms with van der Waals surface area (Å²) in [6, 6.07) is 0. The van der Waals surface area contributed by atoms with Crippen LogP contribution < -0.4 is 0 Å². The fourth-order valence-corrected chi connectivity index (χ4v) is 5.53. The molecule has 2 fully saturated rings. The molecule has 146 valence electrons. The predicted octanol–water partition coefficient (Wildman–Crippen LogP) is 5.23. The molecule has 0 bridgehead atoms. The molecule has 0 aliphatic heterocycles. The summed E-state index contributed by atoms with van der Waals surface area (Å²) < 4.78 is 0. The summed E-state index contributed by atoms with van der Waals surface area (Å²) in [5, 5.41) is 19.5. The highest BCUT2D eigenvalue weighted by Crippen LogP contribution is 2.53. The molecule has 0 aromatic carbocycles. The lowest BCUT2D eigenvalue weighted by Crippen LogP contribution is -2.48. The van der Waals surface area contributed by atoms with E-state index < -0.39 is 5.97 Å². The maximum absolute atomic E-state index is 10.8. The summed E-state index contributed by atoms with van der Waals surface area (Å²) in [5.41, 5.74) is 1.46. The second kappa shape index (κ2) is 9.55. The number of aliphatic carboxylic acids is 1. The standard InChI is InChI=1S/C23H36O3/c1-5-6-9-15(2)22-17(4)14-19-20(24)13-12-16(3)23(19)18(22)10-7-8-11-21(25)26/h7-11,16-20,22-24H,5-6,12-14H2,1-4H3,(H,25,26)/b10-7+,11-8+,15-9+/t16-,17-,18+,19-,20-,22+,23-/m0/s1. The molecule has 0 amide bonds. The van der Waals surface area contributed by atoms with E-state index in [1.54, 1.807) is 6.08 Å². The van der Waals surface area contributed by atoms with Gasteiger partial charge in [-0.1, -0.05) is 57.1 Å². The van der Waals surface area contributed by atoms with E-state index in [4.69, 9.17) is 5.11 Å². The number of carboxylic acid groups (broad SMARTS) is 1. The van der Waals surface area contributed by atoms with Gasteiger partial charge in [0.1, 0.15) is 0 Å². The Hall–Kier alpha value is -1.35. The third kappa shape index (κ3) is 4.88. The summed E-state index contributed by atoms with van der Waals surface area (Å²) in [6.45, 7) is 9.12. The largest absolute Gasteiger partial charge is 0.478 e. The molecule has 0 aromatic rings. The van der Waals surface area contributed by atoms with Gasteiger partial charge in [0.2, 0.25) is 0 Å². The van der Waals surface area contributed by atoms with Crippen LogP contribution in [0.5, 0.6) is 0 Å². The van der Waals surface area contributed by atoms with Gasteiger partial charge in [-0.15, -0.1) is 0 Å². The van der Waals surface area contributed by atoms with Gasteiger partial charge in [0.05, 0.1) is 6.10 Å². The Balaban J connectivity index is 2.36. The molecule has 0 saturated heterocycles. The number of hydrogen-bond acceptors (Lipinski definition) is 2. The van der Waals surface area contributed by atoms with Gasteiger partial charge in [-0.25, -0.2) is 4.79 Å². The van der Waals surface area contributed by atoms with Crippen molar-refractivity contribution in [1.29, 1.82) is 0 Å². The number of carboxylic acids is 1. The molecule has 0 radical (unpaired) electrons. The van der Waals surface area contributed by atoms with Crippen molar-refractivity contribution in [1.82, 2.24) is 0 Å². The first-order chi connectivity index (χ1) is 12.4. The van der Waals surface area contributed by atoms with E-state index in [9.17, 15) is 9.90 Å². The second-order valence-corrected chi connectivity index (χ2v) is 8.50. The van der Waals surface area contributed by atoms with Crippen LogP contribution >= 0.6 is 0 Å². The molecular formula is C23H36O3. The number of carbonyl (C=O) groups is 1. The van der Waals surface area contributed by atoms with Gasteiger partial charge in [0, 0.05) is 6.08 Å². The van der Waals surface area contributed by atoms with Crippen molar-refractivity contribution >= 4 is 5.97 Å². The molecule has 2 aliphatic rings. The molecule has 2 saturated carbocycles. The Kier molecular flexibility index (Phi) is 7.69. The third-order valence-corrected chi connectivity index (χ3v) is 6.64. The van der Waals surface area contributed by atoms with Gasteiger partial charge >= 0.3 is 5.97 Å². The molecule has 3 nitrogen and oxygen atoms in total. The van der Waals surface area contributed by atoms with E-state index in [0.29, 0.717) is 35.5 Å². The third-order valence-electron chi connectivity index (χ3n) is 6.64.